The lowest BCUT2D eigenvalue weighted by atomic mass is 10.0. The lowest BCUT2D eigenvalue weighted by molar-refractivity contribution is 0.112. The zero-order valence-electron chi connectivity index (χ0n) is 8.15. The van der Waals surface area contributed by atoms with Crippen molar-refractivity contribution in [2.24, 2.45) is 0 Å². The van der Waals surface area contributed by atoms with Crippen molar-refractivity contribution in [3.05, 3.63) is 53.9 Å². The third kappa shape index (κ3) is 1.82. The van der Waals surface area contributed by atoms with Gasteiger partial charge in [-0.3, -0.25) is 4.79 Å². The zero-order chi connectivity index (χ0) is 11.5. The van der Waals surface area contributed by atoms with E-state index in [2.05, 4.69) is 4.98 Å². The van der Waals surface area contributed by atoms with Crippen LogP contribution in [0.25, 0.3) is 11.1 Å². The molecule has 0 unspecified atom stereocenters. The third-order valence-electron chi connectivity index (χ3n) is 2.19. The molecule has 2 rings (SSSR count). The van der Waals surface area contributed by atoms with E-state index >= 15 is 0 Å². The van der Waals surface area contributed by atoms with Gasteiger partial charge in [-0.15, -0.1) is 0 Å². The number of rotatable bonds is 2. The summed E-state index contributed by atoms with van der Waals surface area (Å²) in [6.07, 6.45) is 1.72. The van der Waals surface area contributed by atoms with Crippen LogP contribution < -0.4 is 0 Å². The fraction of sp³-hybridized carbons (Fsp3) is 0. The molecule has 0 amide bonds. The van der Waals surface area contributed by atoms with Crippen molar-refractivity contribution < 1.29 is 13.6 Å². The molecule has 1 aromatic carbocycles. The van der Waals surface area contributed by atoms with Crippen LogP contribution in [0.1, 0.15) is 10.4 Å². The van der Waals surface area contributed by atoms with Crippen LogP contribution in [0.15, 0.2) is 36.5 Å². The number of hydrogen-bond acceptors (Lipinski definition) is 2. The molecule has 0 aliphatic heterocycles. The van der Waals surface area contributed by atoms with Gasteiger partial charge in [0.15, 0.2) is 6.29 Å². The molecule has 2 nitrogen and oxygen atoms in total. The van der Waals surface area contributed by atoms with E-state index in [1.807, 2.05) is 0 Å². The lowest BCUT2D eigenvalue weighted by Crippen LogP contribution is -1.92. The highest BCUT2D eigenvalue weighted by atomic mass is 19.1. The van der Waals surface area contributed by atoms with E-state index in [1.54, 1.807) is 6.07 Å². The molecule has 0 atom stereocenters. The molecule has 0 spiro atoms. The molecule has 0 aliphatic rings. The van der Waals surface area contributed by atoms with E-state index in [-0.39, 0.29) is 11.1 Å². The Kier molecular flexibility index (Phi) is 2.72. The summed E-state index contributed by atoms with van der Waals surface area (Å²) in [5.41, 5.74) is 0.570. The molecule has 16 heavy (non-hydrogen) atoms. The molecule has 0 fully saturated rings. The second-order valence-electron chi connectivity index (χ2n) is 3.20. The number of aldehydes is 1. The number of nitrogens with zero attached hydrogens (tertiary/aromatic N) is 1. The highest BCUT2D eigenvalue weighted by Gasteiger charge is 2.08. The summed E-state index contributed by atoms with van der Waals surface area (Å²) in [7, 11) is 0. The first-order valence-electron chi connectivity index (χ1n) is 4.58. The molecule has 0 saturated carbocycles. The predicted molar refractivity (Wildman–Crippen MR) is 55.0 cm³/mol. The highest BCUT2D eigenvalue weighted by Crippen LogP contribution is 2.22. The average molecular weight is 219 g/mol. The number of aromatic nitrogens is 1. The maximum atomic E-state index is 13.3. The highest BCUT2D eigenvalue weighted by molar-refractivity contribution is 5.79. The summed E-state index contributed by atoms with van der Waals surface area (Å²) in [6, 6.07) is 6.92. The Morgan fingerprint density at radius 1 is 1.19 bits per heavy atom. The van der Waals surface area contributed by atoms with E-state index in [1.165, 1.54) is 24.4 Å². The zero-order valence-corrected chi connectivity index (χ0v) is 8.15. The normalized spacial score (nSPS) is 10.1. The predicted octanol–water partition coefficient (Wildman–Crippen LogP) is 2.84. The molecule has 0 radical (unpaired) electrons. The molecule has 0 aliphatic carbocycles. The minimum atomic E-state index is -0.647. The number of pyridine rings is 1. The van der Waals surface area contributed by atoms with Gasteiger partial charge in [0.25, 0.3) is 0 Å². The molecule has 1 heterocycles. The van der Waals surface area contributed by atoms with Crippen LogP contribution in [0.2, 0.25) is 0 Å². The van der Waals surface area contributed by atoms with Crippen LogP contribution in [0, 0.1) is 11.8 Å². The molecular weight excluding hydrogens is 212 g/mol. The van der Waals surface area contributed by atoms with Crippen LogP contribution in [-0.2, 0) is 0 Å². The van der Waals surface area contributed by atoms with Gasteiger partial charge in [-0.1, -0.05) is 6.07 Å². The Morgan fingerprint density at radius 2 is 2.00 bits per heavy atom. The first-order valence-corrected chi connectivity index (χ1v) is 4.58. The van der Waals surface area contributed by atoms with E-state index in [4.69, 9.17) is 0 Å². The molecule has 1 aromatic heterocycles. The van der Waals surface area contributed by atoms with Gasteiger partial charge < -0.3 is 0 Å². The summed E-state index contributed by atoms with van der Waals surface area (Å²) >= 11 is 0. The maximum absolute atomic E-state index is 13.3. The Bertz CT molecular complexity index is 540. The number of benzene rings is 1. The molecule has 2 aromatic rings. The number of halogens is 2. The van der Waals surface area contributed by atoms with Gasteiger partial charge in [0, 0.05) is 11.8 Å². The summed E-state index contributed by atoms with van der Waals surface area (Å²) in [4.78, 5) is 14.0. The second-order valence-corrected chi connectivity index (χ2v) is 3.20. The van der Waals surface area contributed by atoms with Gasteiger partial charge in [-0.05, 0) is 29.8 Å². The van der Waals surface area contributed by atoms with Crippen LogP contribution in [0.3, 0.4) is 0 Å². The van der Waals surface area contributed by atoms with E-state index in [0.717, 1.165) is 6.07 Å². The van der Waals surface area contributed by atoms with Gasteiger partial charge in [0.1, 0.15) is 5.82 Å². The number of carbonyl (C=O) groups is 1. The molecule has 4 heteroatoms. The average Bonchev–Trinajstić information content (AvgIpc) is 2.31. The largest absolute Gasteiger partial charge is 0.298 e. The van der Waals surface area contributed by atoms with Gasteiger partial charge in [-0.2, -0.15) is 4.39 Å². The summed E-state index contributed by atoms with van der Waals surface area (Å²) < 4.78 is 26.4. The number of hydrogen-bond donors (Lipinski definition) is 0. The summed E-state index contributed by atoms with van der Waals surface area (Å²) in [5.74, 6) is -1.27. The molecule has 0 saturated heterocycles. The standard InChI is InChI=1S/C12H7F2NO/c13-11-4-3-8(6-9(11)7-16)10-2-1-5-15-12(10)14/h1-7H. The first kappa shape index (κ1) is 10.4. The summed E-state index contributed by atoms with van der Waals surface area (Å²) in [6.45, 7) is 0. The molecule has 0 N–H and O–H groups in total. The fourth-order valence-corrected chi connectivity index (χ4v) is 1.40. The van der Waals surface area contributed by atoms with E-state index in [9.17, 15) is 13.6 Å². The molecule has 0 bridgehead atoms. The Labute approximate surface area is 90.6 Å². The smallest absolute Gasteiger partial charge is 0.220 e. The van der Waals surface area contributed by atoms with Crippen molar-refractivity contribution in [2.45, 2.75) is 0 Å². The van der Waals surface area contributed by atoms with Crippen molar-refractivity contribution in [2.75, 3.05) is 0 Å². The molecule has 80 valence electrons. The lowest BCUT2D eigenvalue weighted by Gasteiger charge is -2.03. The van der Waals surface area contributed by atoms with Crippen molar-refractivity contribution in [1.82, 2.24) is 4.98 Å². The van der Waals surface area contributed by atoms with Crippen molar-refractivity contribution >= 4 is 6.29 Å². The monoisotopic (exact) mass is 219 g/mol. The van der Waals surface area contributed by atoms with E-state index < -0.39 is 11.8 Å². The quantitative estimate of drug-likeness (QED) is 0.574. The van der Waals surface area contributed by atoms with Gasteiger partial charge in [0.2, 0.25) is 5.95 Å². The van der Waals surface area contributed by atoms with Crippen molar-refractivity contribution in [3.63, 3.8) is 0 Å². The SMILES string of the molecule is O=Cc1cc(-c2cccnc2F)ccc1F. The van der Waals surface area contributed by atoms with Crippen molar-refractivity contribution in [1.29, 1.82) is 0 Å². The van der Waals surface area contributed by atoms with Crippen molar-refractivity contribution in [3.8, 4) is 11.1 Å². The molecular formula is C12H7F2NO. The minimum absolute atomic E-state index is 0.0965. The van der Waals surface area contributed by atoms with Crippen LogP contribution in [0.4, 0.5) is 8.78 Å². The Hall–Kier alpha value is -2.10. The van der Waals surface area contributed by atoms with Crippen LogP contribution >= 0.6 is 0 Å². The van der Waals surface area contributed by atoms with Gasteiger partial charge in [-0.25, -0.2) is 9.37 Å². The van der Waals surface area contributed by atoms with E-state index in [0.29, 0.717) is 11.8 Å². The van der Waals surface area contributed by atoms with Crippen LogP contribution in [-0.4, -0.2) is 11.3 Å². The van der Waals surface area contributed by atoms with Gasteiger partial charge >= 0.3 is 0 Å². The second kappa shape index (κ2) is 4.18. The summed E-state index contributed by atoms with van der Waals surface area (Å²) in [5, 5.41) is 0. The van der Waals surface area contributed by atoms with Gasteiger partial charge in [0.05, 0.1) is 5.56 Å². The topological polar surface area (TPSA) is 30.0 Å². The Morgan fingerprint density at radius 3 is 2.69 bits per heavy atom. The fourth-order valence-electron chi connectivity index (χ4n) is 1.40. The first-order chi connectivity index (χ1) is 7.72. The number of carbonyl (C=O) groups excluding carboxylic acids is 1. The van der Waals surface area contributed by atoms with Crippen LogP contribution in [0.5, 0.6) is 0 Å². The maximum Gasteiger partial charge on any atom is 0.220 e. The third-order valence-corrected chi connectivity index (χ3v) is 2.19. The minimum Gasteiger partial charge on any atom is -0.298 e. The Balaban J connectivity index is 2.57.